The predicted octanol–water partition coefficient (Wildman–Crippen LogP) is 2.08. The number of nitrogens with one attached hydrogen (secondary N) is 1. The second kappa shape index (κ2) is 4.82. The molecule has 0 spiro atoms. The molecule has 1 heterocycles. The molecule has 0 radical (unpaired) electrons. The molecule has 3 N–H and O–H groups in total. The lowest BCUT2D eigenvalue weighted by atomic mass is 10.1. The summed E-state index contributed by atoms with van der Waals surface area (Å²) in [5, 5.41) is 4.97. The largest absolute Gasteiger partial charge is 0.325 e. The lowest BCUT2D eigenvalue weighted by molar-refractivity contribution is -0.118. The van der Waals surface area contributed by atoms with Gasteiger partial charge in [-0.1, -0.05) is 24.3 Å². The second-order valence-electron chi connectivity index (χ2n) is 4.78. The van der Waals surface area contributed by atoms with Crippen LogP contribution in [0.5, 0.6) is 0 Å². The molecule has 1 aliphatic carbocycles. The molecule has 0 bridgehead atoms. The summed E-state index contributed by atoms with van der Waals surface area (Å²) in [5.41, 5.74) is 6.57. The van der Waals surface area contributed by atoms with Gasteiger partial charge in [-0.05, 0) is 23.9 Å². The zero-order chi connectivity index (χ0) is 13.2. The minimum atomic E-state index is -0.137. The number of benzene rings is 1. The van der Waals surface area contributed by atoms with Crippen molar-refractivity contribution >= 4 is 22.4 Å². The third-order valence-electron chi connectivity index (χ3n) is 3.39. The van der Waals surface area contributed by atoms with E-state index in [-0.39, 0.29) is 17.9 Å². The Kier molecular flexibility index (Phi) is 3.01. The van der Waals surface area contributed by atoms with E-state index >= 15 is 0 Å². The summed E-state index contributed by atoms with van der Waals surface area (Å²) >= 11 is 0. The average molecular weight is 253 g/mol. The topological polar surface area (TPSA) is 68.0 Å². The number of hydrogen-bond acceptors (Lipinski definition) is 3. The highest BCUT2D eigenvalue weighted by molar-refractivity contribution is 6.03. The van der Waals surface area contributed by atoms with Gasteiger partial charge in [-0.3, -0.25) is 9.78 Å². The number of rotatable bonds is 2. The third-order valence-corrected chi connectivity index (χ3v) is 3.39. The lowest BCUT2D eigenvalue weighted by Gasteiger charge is -2.12. The molecule has 0 aliphatic heterocycles. The summed E-state index contributed by atoms with van der Waals surface area (Å²) in [4.78, 5) is 16.3. The molecule has 2 atom stereocenters. The molecule has 1 aromatic carbocycles. The Morgan fingerprint density at radius 1 is 1.32 bits per heavy atom. The van der Waals surface area contributed by atoms with Crippen molar-refractivity contribution in [3.63, 3.8) is 0 Å². The fraction of sp³-hybridized carbons (Fsp3) is 0.200. The first-order valence-electron chi connectivity index (χ1n) is 6.31. The molecule has 1 aromatic heterocycles. The Hall–Kier alpha value is -2.20. The molecule has 1 aliphatic rings. The minimum absolute atomic E-state index is 0.00932. The lowest BCUT2D eigenvalue weighted by Crippen LogP contribution is -2.24. The highest BCUT2D eigenvalue weighted by atomic mass is 16.1. The normalized spacial score (nSPS) is 21.7. The molecule has 2 aromatic rings. The number of carbonyl (C=O) groups excluding carboxylic acids is 1. The average Bonchev–Trinajstić information content (AvgIpc) is 2.86. The van der Waals surface area contributed by atoms with Gasteiger partial charge in [0.2, 0.25) is 5.91 Å². The van der Waals surface area contributed by atoms with Crippen LogP contribution in [0.2, 0.25) is 0 Å². The number of amides is 1. The number of aromatic nitrogens is 1. The molecular weight excluding hydrogens is 238 g/mol. The van der Waals surface area contributed by atoms with Gasteiger partial charge in [0.05, 0.1) is 11.6 Å². The van der Waals surface area contributed by atoms with Gasteiger partial charge in [-0.25, -0.2) is 0 Å². The number of carbonyl (C=O) groups is 1. The van der Waals surface area contributed by atoms with Crippen LogP contribution in [0.4, 0.5) is 5.69 Å². The zero-order valence-electron chi connectivity index (χ0n) is 10.4. The second-order valence-corrected chi connectivity index (χ2v) is 4.78. The first-order valence-corrected chi connectivity index (χ1v) is 6.31. The van der Waals surface area contributed by atoms with Crippen LogP contribution in [-0.2, 0) is 4.79 Å². The van der Waals surface area contributed by atoms with Gasteiger partial charge in [-0.15, -0.1) is 0 Å². The maximum absolute atomic E-state index is 12.2. The summed E-state index contributed by atoms with van der Waals surface area (Å²) in [6.07, 6.45) is 7.95. The van der Waals surface area contributed by atoms with Crippen LogP contribution in [-0.4, -0.2) is 16.9 Å². The van der Waals surface area contributed by atoms with Gasteiger partial charge in [0.25, 0.3) is 0 Å². The van der Waals surface area contributed by atoms with E-state index in [0.717, 1.165) is 16.5 Å². The Morgan fingerprint density at radius 3 is 3.00 bits per heavy atom. The van der Waals surface area contributed by atoms with E-state index in [9.17, 15) is 4.79 Å². The van der Waals surface area contributed by atoms with E-state index in [1.807, 2.05) is 36.4 Å². The van der Waals surface area contributed by atoms with Crippen molar-refractivity contribution in [2.45, 2.75) is 12.5 Å². The number of nitrogens with zero attached hydrogens (tertiary/aromatic N) is 1. The third kappa shape index (κ3) is 2.35. The highest BCUT2D eigenvalue weighted by Gasteiger charge is 2.22. The van der Waals surface area contributed by atoms with Crippen LogP contribution in [0.25, 0.3) is 10.8 Å². The fourth-order valence-corrected chi connectivity index (χ4v) is 2.37. The highest BCUT2D eigenvalue weighted by Crippen LogP contribution is 2.24. The first kappa shape index (κ1) is 11.9. The number of pyridine rings is 1. The maximum Gasteiger partial charge on any atom is 0.231 e. The van der Waals surface area contributed by atoms with Crippen LogP contribution >= 0.6 is 0 Å². The molecule has 2 unspecified atom stereocenters. The van der Waals surface area contributed by atoms with E-state index in [1.54, 1.807) is 12.4 Å². The summed E-state index contributed by atoms with van der Waals surface area (Å²) in [5.74, 6) is -0.150. The Morgan fingerprint density at radius 2 is 2.21 bits per heavy atom. The molecule has 4 nitrogen and oxygen atoms in total. The van der Waals surface area contributed by atoms with Crippen molar-refractivity contribution in [1.29, 1.82) is 0 Å². The van der Waals surface area contributed by atoms with Crippen LogP contribution in [0, 0.1) is 5.92 Å². The van der Waals surface area contributed by atoms with Crippen LogP contribution in [0.15, 0.2) is 48.8 Å². The van der Waals surface area contributed by atoms with Gasteiger partial charge in [-0.2, -0.15) is 0 Å². The number of fused-ring (bicyclic) bond motifs is 1. The van der Waals surface area contributed by atoms with Crippen molar-refractivity contribution in [2.24, 2.45) is 11.7 Å². The van der Waals surface area contributed by atoms with Gasteiger partial charge >= 0.3 is 0 Å². The molecule has 0 fully saturated rings. The maximum atomic E-state index is 12.2. The Bertz CT molecular complexity index is 645. The molecule has 4 heteroatoms. The number of anilines is 1. The van der Waals surface area contributed by atoms with Gasteiger partial charge in [0.15, 0.2) is 0 Å². The van der Waals surface area contributed by atoms with Gasteiger partial charge in [0, 0.05) is 23.8 Å². The molecule has 96 valence electrons. The molecular formula is C15H15N3O. The Labute approximate surface area is 111 Å². The molecule has 1 amide bonds. The molecule has 3 rings (SSSR count). The summed E-state index contributed by atoms with van der Waals surface area (Å²) in [6, 6.07) is 7.73. The van der Waals surface area contributed by atoms with Crippen molar-refractivity contribution in [3.05, 3.63) is 48.8 Å². The van der Waals surface area contributed by atoms with Gasteiger partial charge < -0.3 is 11.1 Å². The Balaban J connectivity index is 1.86. The molecule has 0 saturated heterocycles. The van der Waals surface area contributed by atoms with Crippen LogP contribution in [0.1, 0.15) is 6.42 Å². The quantitative estimate of drug-likeness (QED) is 0.805. The number of nitrogens with two attached hydrogens (primary N) is 1. The monoisotopic (exact) mass is 253 g/mol. The van der Waals surface area contributed by atoms with E-state index < -0.39 is 0 Å². The zero-order valence-corrected chi connectivity index (χ0v) is 10.4. The summed E-state index contributed by atoms with van der Waals surface area (Å²) in [7, 11) is 0. The predicted molar refractivity (Wildman–Crippen MR) is 75.6 cm³/mol. The summed E-state index contributed by atoms with van der Waals surface area (Å²) in [6.45, 7) is 0. The first-order chi connectivity index (χ1) is 9.24. The van der Waals surface area contributed by atoms with Crippen LogP contribution in [0.3, 0.4) is 0 Å². The van der Waals surface area contributed by atoms with Crippen molar-refractivity contribution in [1.82, 2.24) is 4.98 Å². The van der Waals surface area contributed by atoms with E-state index in [0.29, 0.717) is 6.42 Å². The van der Waals surface area contributed by atoms with Gasteiger partial charge in [0.1, 0.15) is 0 Å². The standard InChI is InChI=1S/C15H15N3O/c16-12-5-4-11(8-12)15(19)18-14-3-1-2-10-6-7-17-9-13(10)14/h1-7,9,11-12H,8,16H2,(H,18,19). The smallest absolute Gasteiger partial charge is 0.231 e. The van der Waals surface area contributed by atoms with Crippen LogP contribution < -0.4 is 11.1 Å². The minimum Gasteiger partial charge on any atom is -0.325 e. The molecule has 19 heavy (non-hydrogen) atoms. The van der Waals surface area contributed by atoms with Crippen molar-refractivity contribution < 1.29 is 4.79 Å². The summed E-state index contributed by atoms with van der Waals surface area (Å²) < 4.78 is 0. The van der Waals surface area contributed by atoms with E-state index in [1.165, 1.54) is 0 Å². The SMILES string of the molecule is NC1C=CC(C(=O)Nc2cccc3ccncc23)C1. The van der Waals surface area contributed by atoms with Crippen molar-refractivity contribution in [3.8, 4) is 0 Å². The fourth-order valence-electron chi connectivity index (χ4n) is 2.37. The van der Waals surface area contributed by atoms with E-state index in [2.05, 4.69) is 10.3 Å². The van der Waals surface area contributed by atoms with E-state index in [4.69, 9.17) is 5.73 Å². The molecule has 0 saturated carbocycles. The van der Waals surface area contributed by atoms with Crippen molar-refractivity contribution in [2.75, 3.05) is 5.32 Å². The number of hydrogen-bond donors (Lipinski definition) is 2.